The first kappa shape index (κ1) is 15.1. The number of anilines is 1. The van der Waals surface area contributed by atoms with Gasteiger partial charge in [-0.25, -0.2) is 4.98 Å². The van der Waals surface area contributed by atoms with E-state index in [-0.39, 0.29) is 6.04 Å². The van der Waals surface area contributed by atoms with Gasteiger partial charge in [-0.3, -0.25) is 0 Å². The van der Waals surface area contributed by atoms with Gasteiger partial charge in [0, 0.05) is 24.8 Å². The fourth-order valence-electron chi connectivity index (χ4n) is 2.03. The summed E-state index contributed by atoms with van der Waals surface area (Å²) in [7, 11) is 0. The maximum Gasteiger partial charge on any atom is 0.405 e. The number of nitrogens with zero attached hydrogens (tertiary/aromatic N) is 2. The molecule has 0 radical (unpaired) electrons. The number of aromatic nitrogens is 1. The van der Waals surface area contributed by atoms with Crippen molar-refractivity contribution in [2.45, 2.75) is 51.5 Å². The van der Waals surface area contributed by atoms with Crippen molar-refractivity contribution in [3.8, 4) is 0 Å². The molecule has 0 amide bonds. The molecule has 1 fully saturated rings. The zero-order valence-corrected chi connectivity index (χ0v) is 11.7. The van der Waals surface area contributed by atoms with E-state index in [9.17, 15) is 13.2 Å². The van der Waals surface area contributed by atoms with Crippen LogP contribution in [0.25, 0.3) is 0 Å². The molecule has 0 aliphatic heterocycles. The zero-order valence-electron chi connectivity index (χ0n) is 11.7. The highest BCUT2D eigenvalue weighted by molar-refractivity contribution is 5.44. The lowest BCUT2D eigenvalue weighted by molar-refractivity contribution is -0.120. The highest BCUT2D eigenvalue weighted by Crippen LogP contribution is 2.33. The van der Waals surface area contributed by atoms with Crippen LogP contribution >= 0.6 is 0 Å². The zero-order chi connectivity index (χ0) is 14.8. The van der Waals surface area contributed by atoms with Gasteiger partial charge >= 0.3 is 6.18 Å². The molecule has 6 heteroatoms. The average Bonchev–Trinajstić information content (AvgIpc) is 3.17. The van der Waals surface area contributed by atoms with Crippen LogP contribution in [0.1, 0.15) is 32.3 Å². The van der Waals surface area contributed by atoms with Crippen LogP contribution in [0.4, 0.5) is 19.0 Å². The van der Waals surface area contributed by atoms with E-state index < -0.39 is 12.7 Å². The quantitative estimate of drug-likeness (QED) is 0.871. The van der Waals surface area contributed by atoms with E-state index in [2.05, 4.69) is 10.3 Å². The van der Waals surface area contributed by atoms with Gasteiger partial charge in [0.2, 0.25) is 0 Å². The van der Waals surface area contributed by atoms with E-state index in [1.165, 1.54) is 4.90 Å². The van der Waals surface area contributed by atoms with Crippen molar-refractivity contribution < 1.29 is 13.2 Å². The summed E-state index contributed by atoms with van der Waals surface area (Å²) in [5.74, 6) is 0.424. The Hall–Kier alpha value is -1.30. The van der Waals surface area contributed by atoms with Gasteiger partial charge in [0.05, 0.1) is 0 Å². The Morgan fingerprint density at radius 2 is 2.10 bits per heavy atom. The Labute approximate surface area is 117 Å². The Bertz CT molecular complexity index is 442. The van der Waals surface area contributed by atoms with Gasteiger partial charge in [-0.2, -0.15) is 13.2 Å². The van der Waals surface area contributed by atoms with E-state index in [1.807, 2.05) is 19.9 Å². The lowest BCUT2D eigenvalue weighted by atomic mass is 10.2. The normalized spacial score (nSPS) is 15.7. The molecule has 0 atom stereocenters. The lowest BCUT2D eigenvalue weighted by Gasteiger charge is -2.25. The number of halogens is 3. The minimum absolute atomic E-state index is 0.0163. The number of nitrogens with one attached hydrogen (secondary N) is 1. The molecule has 0 spiro atoms. The molecular weight excluding hydrogens is 267 g/mol. The molecule has 0 bridgehead atoms. The molecule has 1 aromatic rings. The minimum atomic E-state index is -4.20. The molecule has 1 saturated carbocycles. The summed E-state index contributed by atoms with van der Waals surface area (Å²) in [4.78, 5) is 5.48. The molecule has 3 nitrogen and oxygen atoms in total. The number of hydrogen-bond donors (Lipinski definition) is 1. The van der Waals surface area contributed by atoms with Gasteiger partial charge in [-0.1, -0.05) is 13.8 Å². The van der Waals surface area contributed by atoms with Crippen LogP contribution in [0.5, 0.6) is 0 Å². The number of pyridine rings is 1. The first-order valence-corrected chi connectivity index (χ1v) is 6.87. The standard InChI is InChI=1S/C14H20F3N3/c1-10(2)19-8-11-5-6-18-13(7-11)20(12-3-4-12)9-14(15,16)17/h5-7,10,12,19H,3-4,8-9H2,1-2H3. The van der Waals surface area contributed by atoms with Crippen molar-refractivity contribution in [1.82, 2.24) is 10.3 Å². The van der Waals surface area contributed by atoms with Gasteiger partial charge in [0.15, 0.2) is 0 Å². The third-order valence-electron chi connectivity index (χ3n) is 3.16. The molecule has 112 valence electrons. The van der Waals surface area contributed by atoms with E-state index in [0.29, 0.717) is 18.4 Å². The van der Waals surface area contributed by atoms with Crippen LogP contribution in [-0.4, -0.2) is 29.8 Å². The molecule has 1 heterocycles. The van der Waals surface area contributed by atoms with Crippen molar-refractivity contribution in [1.29, 1.82) is 0 Å². The summed E-state index contributed by atoms with van der Waals surface area (Å²) >= 11 is 0. The van der Waals surface area contributed by atoms with E-state index in [0.717, 1.165) is 18.4 Å². The smallest absolute Gasteiger partial charge is 0.345 e. The monoisotopic (exact) mass is 287 g/mol. The maximum atomic E-state index is 12.7. The third kappa shape index (κ3) is 4.67. The Balaban J connectivity index is 2.10. The Kier molecular flexibility index (Phi) is 4.52. The Morgan fingerprint density at radius 3 is 2.65 bits per heavy atom. The molecular formula is C14H20F3N3. The number of hydrogen-bond acceptors (Lipinski definition) is 3. The molecule has 20 heavy (non-hydrogen) atoms. The van der Waals surface area contributed by atoms with Crippen LogP contribution in [0.3, 0.4) is 0 Å². The largest absolute Gasteiger partial charge is 0.405 e. The summed E-state index contributed by atoms with van der Waals surface area (Å²) < 4.78 is 38.0. The van der Waals surface area contributed by atoms with Crippen LogP contribution in [0, 0.1) is 0 Å². The summed E-state index contributed by atoms with van der Waals surface area (Å²) in [5.41, 5.74) is 0.955. The first-order valence-electron chi connectivity index (χ1n) is 6.87. The summed E-state index contributed by atoms with van der Waals surface area (Å²) in [6.45, 7) is 3.77. The van der Waals surface area contributed by atoms with Gasteiger partial charge in [-0.05, 0) is 30.5 Å². The van der Waals surface area contributed by atoms with Gasteiger partial charge in [0.25, 0.3) is 0 Å². The van der Waals surface area contributed by atoms with E-state index in [1.54, 1.807) is 12.3 Å². The minimum Gasteiger partial charge on any atom is -0.345 e. The number of alkyl halides is 3. The van der Waals surface area contributed by atoms with Crippen LogP contribution in [-0.2, 0) is 6.54 Å². The van der Waals surface area contributed by atoms with Gasteiger partial charge in [0.1, 0.15) is 12.4 Å². The lowest BCUT2D eigenvalue weighted by Crippen LogP contribution is -2.36. The third-order valence-corrected chi connectivity index (χ3v) is 3.16. The molecule has 1 N–H and O–H groups in total. The van der Waals surface area contributed by atoms with Gasteiger partial charge in [-0.15, -0.1) is 0 Å². The predicted molar refractivity (Wildman–Crippen MR) is 72.6 cm³/mol. The first-order chi connectivity index (χ1) is 9.35. The molecule has 0 aromatic carbocycles. The van der Waals surface area contributed by atoms with Crippen LogP contribution in [0.2, 0.25) is 0 Å². The highest BCUT2D eigenvalue weighted by atomic mass is 19.4. The molecule has 0 saturated heterocycles. The van der Waals surface area contributed by atoms with Crippen LogP contribution < -0.4 is 10.2 Å². The topological polar surface area (TPSA) is 28.2 Å². The van der Waals surface area contributed by atoms with Crippen molar-refractivity contribution in [3.05, 3.63) is 23.9 Å². The molecule has 1 aliphatic carbocycles. The van der Waals surface area contributed by atoms with Crippen molar-refractivity contribution in [2.24, 2.45) is 0 Å². The average molecular weight is 287 g/mol. The molecule has 2 rings (SSSR count). The second-order valence-corrected chi connectivity index (χ2v) is 5.53. The van der Waals surface area contributed by atoms with Crippen LogP contribution in [0.15, 0.2) is 18.3 Å². The summed E-state index contributed by atoms with van der Waals surface area (Å²) in [6.07, 6.45) is -0.993. The Morgan fingerprint density at radius 1 is 1.40 bits per heavy atom. The molecule has 1 aliphatic rings. The summed E-state index contributed by atoms with van der Waals surface area (Å²) in [5, 5.41) is 3.25. The van der Waals surface area contributed by atoms with E-state index in [4.69, 9.17) is 0 Å². The molecule has 0 unspecified atom stereocenters. The SMILES string of the molecule is CC(C)NCc1ccnc(N(CC(F)(F)F)C2CC2)c1. The summed E-state index contributed by atoms with van der Waals surface area (Å²) in [6, 6.07) is 3.90. The fraction of sp³-hybridized carbons (Fsp3) is 0.643. The van der Waals surface area contributed by atoms with Crippen molar-refractivity contribution in [3.63, 3.8) is 0 Å². The fourth-order valence-corrected chi connectivity index (χ4v) is 2.03. The van der Waals surface area contributed by atoms with E-state index >= 15 is 0 Å². The second kappa shape index (κ2) is 5.99. The van der Waals surface area contributed by atoms with Crippen molar-refractivity contribution in [2.75, 3.05) is 11.4 Å². The van der Waals surface area contributed by atoms with Gasteiger partial charge < -0.3 is 10.2 Å². The highest BCUT2D eigenvalue weighted by Gasteiger charge is 2.38. The predicted octanol–water partition coefficient (Wildman–Crippen LogP) is 3.11. The van der Waals surface area contributed by atoms with Crippen molar-refractivity contribution >= 4 is 5.82 Å². The second-order valence-electron chi connectivity index (χ2n) is 5.53. The maximum absolute atomic E-state index is 12.7. The number of rotatable bonds is 6. The molecule has 1 aromatic heterocycles.